The van der Waals surface area contributed by atoms with Crippen LogP contribution in [0.1, 0.15) is 38.2 Å². The number of piperidine rings is 1. The van der Waals surface area contributed by atoms with Crippen LogP contribution in [-0.2, 0) is 4.79 Å². The molecule has 2 unspecified atom stereocenters. The molecule has 3 nitrogen and oxygen atoms in total. The van der Waals surface area contributed by atoms with Crippen molar-refractivity contribution >= 4 is 5.91 Å². The summed E-state index contributed by atoms with van der Waals surface area (Å²) < 4.78 is 12.9. The first-order valence-electron chi connectivity index (χ1n) is 7.29. The van der Waals surface area contributed by atoms with E-state index < -0.39 is 0 Å². The lowest BCUT2D eigenvalue weighted by Crippen LogP contribution is -2.47. The third-order valence-corrected chi connectivity index (χ3v) is 3.88. The second kappa shape index (κ2) is 6.84. The summed E-state index contributed by atoms with van der Waals surface area (Å²) in [6.07, 6.45) is 2.17. The first kappa shape index (κ1) is 15.0. The number of rotatable bonds is 4. The number of hydrogen-bond donors (Lipinski definition) is 1. The number of hydrogen-bond acceptors (Lipinski definition) is 2. The van der Waals surface area contributed by atoms with Gasteiger partial charge in [-0.05, 0) is 43.0 Å². The molecule has 20 heavy (non-hydrogen) atoms. The summed E-state index contributed by atoms with van der Waals surface area (Å²) in [5.41, 5.74) is 1.16. The lowest BCUT2D eigenvalue weighted by Gasteiger charge is -2.34. The number of likely N-dealkylation sites (tertiary alicyclic amines) is 1. The number of benzene rings is 1. The second-order valence-corrected chi connectivity index (χ2v) is 5.75. The fraction of sp³-hybridized carbons (Fsp3) is 0.562. The highest BCUT2D eigenvalue weighted by atomic mass is 19.1. The zero-order chi connectivity index (χ0) is 14.5. The minimum absolute atomic E-state index is 0.0448. The van der Waals surface area contributed by atoms with Gasteiger partial charge in [-0.25, -0.2) is 4.39 Å². The van der Waals surface area contributed by atoms with Crippen molar-refractivity contribution in [2.24, 2.45) is 0 Å². The van der Waals surface area contributed by atoms with Gasteiger partial charge in [0.05, 0.1) is 0 Å². The van der Waals surface area contributed by atoms with Crippen LogP contribution in [0.25, 0.3) is 0 Å². The third-order valence-electron chi connectivity index (χ3n) is 3.88. The lowest BCUT2D eigenvalue weighted by molar-refractivity contribution is -0.120. The van der Waals surface area contributed by atoms with E-state index >= 15 is 0 Å². The molecule has 4 heteroatoms. The van der Waals surface area contributed by atoms with Crippen LogP contribution >= 0.6 is 0 Å². The van der Waals surface area contributed by atoms with Crippen LogP contribution in [-0.4, -0.2) is 36.5 Å². The van der Waals surface area contributed by atoms with E-state index in [-0.39, 0.29) is 17.8 Å². The van der Waals surface area contributed by atoms with E-state index in [1.165, 1.54) is 12.1 Å². The molecule has 0 aromatic heterocycles. The fourth-order valence-electron chi connectivity index (χ4n) is 2.91. The molecule has 0 spiro atoms. The van der Waals surface area contributed by atoms with E-state index in [4.69, 9.17) is 0 Å². The quantitative estimate of drug-likeness (QED) is 0.918. The van der Waals surface area contributed by atoms with Crippen molar-refractivity contribution in [2.45, 2.75) is 38.6 Å². The molecule has 1 amide bonds. The largest absolute Gasteiger partial charge is 0.352 e. The molecule has 1 saturated heterocycles. The molecule has 1 heterocycles. The number of nitrogens with one attached hydrogen (secondary N) is 1. The third kappa shape index (κ3) is 4.30. The Morgan fingerprint density at radius 2 is 2.15 bits per heavy atom. The molecule has 1 N–H and O–H groups in total. The van der Waals surface area contributed by atoms with Gasteiger partial charge in [0.1, 0.15) is 5.82 Å². The number of amides is 1. The van der Waals surface area contributed by atoms with Crippen molar-refractivity contribution in [1.82, 2.24) is 10.2 Å². The van der Waals surface area contributed by atoms with Crippen molar-refractivity contribution in [2.75, 3.05) is 19.6 Å². The molecule has 0 saturated carbocycles. The maximum absolute atomic E-state index is 12.9. The molecular formula is C16H23FN2O. The van der Waals surface area contributed by atoms with Gasteiger partial charge in [-0.3, -0.25) is 4.79 Å². The van der Waals surface area contributed by atoms with Gasteiger partial charge in [-0.15, -0.1) is 0 Å². The van der Waals surface area contributed by atoms with E-state index in [2.05, 4.69) is 17.1 Å². The molecule has 110 valence electrons. The number of halogens is 1. The first-order valence-corrected chi connectivity index (χ1v) is 7.29. The van der Waals surface area contributed by atoms with Gasteiger partial charge < -0.3 is 10.2 Å². The normalized spacial score (nSPS) is 21.4. The Labute approximate surface area is 120 Å². The van der Waals surface area contributed by atoms with Crippen molar-refractivity contribution < 1.29 is 9.18 Å². The van der Waals surface area contributed by atoms with Crippen molar-refractivity contribution in [3.63, 3.8) is 0 Å². The van der Waals surface area contributed by atoms with Crippen LogP contribution in [0, 0.1) is 5.82 Å². The molecule has 0 bridgehead atoms. The highest BCUT2D eigenvalue weighted by Crippen LogP contribution is 2.19. The maximum atomic E-state index is 12.9. The molecule has 1 fully saturated rings. The molecular weight excluding hydrogens is 255 g/mol. The van der Waals surface area contributed by atoms with Gasteiger partial charge in [-0.1, -0.05) is 19.1 Å². The zero-order valence-corrected chi connectivity index (χ0v) is 12.2. The Bertz CT molecular complexity index is 446. The van der Waals surface area contributed by atoms with Crippen LogP contribution in [0.5, 0.6) is 0 Å². The molecule has 0 aliphatic carbocycles. The maximum Gasteiger partial charge on any atom is 0.217 e. The van der Waals surface area contributed by atoms with E-state index in [1.54, 1.807) is 6.92 Å². The molecule has 1 aliphatic heterocycles. The van der Waals surface area contributed by atoms with E-state index in [1.807, 2.05) is 12.1 Å². The predicted octanol–water partition coefficient (Wildman–Crippen LogP) is 2.53. The summed E-state index contributed by atoms with van der Waals surface area (Å²) in [5.74, 6) is 0.222. The average molecular weight is 278 g/mol. The van der Waals surface area contributed by atoms with Gasteiger partial charge in [0.2, 0.25) is 5.91 Å². The minimum atomic E-state index is -0.190. The Kier molecular flexibility index (Phi) is 5.12. The minimum Gasteiger partial charge on any atom is -0.352 e. The Morgan fingerprint density at radius 1 is 1.45 bits per heavy atom. The molecule has 0 radical (unpaired) electrons. The molecule has 1 aliphatic rings. The molecule has 1 aromatic carbocycles. The highest BCUT2D eigenvalue weighted by molar-refractivity contribution is 5.73. The van der Waals surface area contributed by atoms with Crippen molar-refractivity contribution in [1.29, 1.82) is 0 Å². The standard InChI is InChI=1S/C16H23FN2O/c1-12(14-5-7-15(17)8-6-14)10-19-9-3-4-16(11-19)18-13(2)20/h5-8,12,16H,3-4,9-11H2,1-2H3,(H,18,20). The van der Waals surface area contributed by atoms with Crippen LogP contribution in [0.4, 0.5) is 4.39 Å². The van der Waals surface area contributed by atoms with Gasteiger partial charge in [0.25, 0.3) is 0 Å². The van der Waals surface area contributed by atoms with Gasteiger partial charge >= 0.3 is 0 Å². The summed E-state index contributed by atoms with van der Waals surface area (Å²) in [4.78, 5) is 13.5. The lowest BCUT2D eigenvalue weighted by atomic mass is 9.98. The summed E-state index contributed by atoms with van der Waals surface area (Å²) >= 11 is 0. The molecule has 2 atom stereocenters. The van der Waals surface area contributed by atoms with E-state index in [0.29, 0.717) is 5.92 Å². The number of carbonyl (C=O) groups excluding carboxylic acids is 1. The van der Waals surface area contributed by atoms with Gasteiger partial charge in [0.15, 0.2) is 0 Å². The van der Waals surface area contributed by atoms with Crippen molar-refractivity contribution in [3.05, 3.63) is 35.6 Å². The monoisotopic (exact) mass is 278 g/mol. The predicted molar refractivity (Wildman–Crippen MR) is 78.1 cm³/mol. The van der Waals surface area contributed by atoms with Gasteiger partial charge in [-0.2, -0.15) is 0 Å². The number of carbonyl (C=O) groups is 1. The summed E-state index contributed by atoms with van der Waals surface area (Å²) in [6, 6.07) is 7.01. The Balaban J connectivity index is 1.88. The topological polar surface area (TPSA) is 32.3 Å². The highest BCUT2D eigenvalue weighted by Gasteiger charge is 2.21. The summed E-state index contributed by atoms with van der Waals surface area (Å²) in [5, 5.41) is 3.00. The van der Waals surface area contributed by atoms with E-state index in [0.717, 1.165) is 38.0 Å². The first-order chi connectivity index (χ1) is 9.54. The Morgan fingerprint density at radius 3 is 2.80 bits per heavy atom. The molecule has 1 aromatic rings. The summed E-state index contributed by atoms with van der Waals surface area (Å²) in [7, 11) is 0. The second-order valence-electron chi connectivity index (χ2n) is 5.75. The Hall–Kier alpha value is -1.42. The van der Waals surface area contributed by atoms with Crippen LogP contribution in [0.2, 0.25) is 0 Å². The average Bonchev–Trinajstić information content (AvgIpc) is 2.39. The summed E-state index contributed by atoms with van der Waals surface area (Å²) in [6.45, 7) is 6.66. The van der Waals surface area contributed by atoms with E-state index in [9.17, 15) is 9.18 Å². The SMILES string of the molecule is CC(=O)NC1CCCN(CC(C)c2ccc(F)cc2)C1. The zero-order valence-electron chi connectivity index (χ0n) is 12.2. The smallest absolute Gasteiger partial charge is 0.217 e. The molecule has 2 rings (SSSR count). The number of nitrogens with zero attached hydrogens (tertiary/aromatic N) is 1. The van der Waals surface area contributed by atoms with Gasteiger partial charge in [0, 0.05) is 26.1 Å². The fourth-order valence-corrected chi connectivity index (χ4v) is 2.91. The van der Waals surface area contributed by atoms with Crippen LogP contribution < -0.4 is 5.32 Å². The van der Waals surface area contributed by atoms with Crippen molar-refractivity contribution in [3.8, 4) is 0 Å². The van der Waals surface area contributed by atoms with Crippen LogP contribution in [0.3, 0.4) is 0 Å². The van der Waals surface area contributed by atoms with Crippen LogP contribution in [0.15, 0.2) is 24.3 Å².